The second-order valence-electron chi connectivity index (χ2n) is 6.66. The van der Waals surface area contributed by atoms with Gasteiger partial charge in [-0.3, -0.25) is 4.79 Å². The maximum Gasteiger partial charge on any atom is 0.349 e. The molecule has 0 aliphatic heterocycles. The van der Waals surface area contributed by atoms with Gasteiger partial charge in [0.15, 0.2) is 11.5 Å². The first-order chi connectivity index (χ1) is 15.0. The lowest BCUT2D eigenvalue weighted by Gasteiger charge is -2.11. The van der Waals surface area contributed by atoms with E-state index in [4.69, 9.17) is 9.47 Å². The van der Waals surface area contributed by atoms with Gasteiger partial charge in [0.2, 0.25) is 0 Å². The number of benzene rings is 3. The van der Waals surface area contributed by atoms with E-state index in [1.165, 1.54) is 25.5 Å². The molecular formula is C23H18FN3O4. The summed E-state index contributed by atoms with van der Waals surface area (Å²) in [5.74, 6) is 0.629. The number of methoxy groups -OCH3 is 1. The Bertz CT molecular complexity index is 1370. The average molecular weight is 419 g/mol. The number of hydrogen-bond donors (Lipinski definition) is 1. The number of fused-ring (bicyclic) bond motifs is 1. The lowest BCUT2D eigenvalue weighted by molar-refractivity contribution is 0.284. The average Bonchev–Trinajstić information content (AvgIpc) is 2.79. The Morgan fingerprint density at radius 3 is 2.58 bits per heavy atom. The predicted octanol–water partition coefficient (Wildman–Crippen LogP) is 3.30. The molecule has 0 amide bonds. The fourth-order valence-electron chi connectivity index (χ4n) is 3.01. The molecule has 7 nitrogen and oxygen atoms in total. The SMILES string of the molecule is COc1cc(C=Nn2c(=O)[nH]c3ccccc3c2=O)ccc1OCc1ccc(F)cc1. The monoisotopic (exact) mass is 419 g/mol. The topological polar surface area (TPSA) is 85.7 Å². The molecule has 1 aromatic heterocycles. The van der Waals surface area contributed by atoms with Gasteiger partial charge in [-0.1, -0.05) is 24.3 Å². The van der Waals surface area contributed by atoms with Crippen LogP contribution >= 0.6 is 0 Å². The van der Waals surface area contributed by atoms with Gasteiger partial charge in [0.25, 0.3) is 5.56 Å². The number of rotatable bonds is 6. The number of aromatic nitrogens is 2. The minimum atomic E-state index is -0.633. The molecule has 0 bridgehead atoms. The summed E-state index contributed by atoms with van der Waals surface area (Å²) < 4.78 is 24.9. The van der Waals surface area contributed by atoms with Crippen molar-refractivity contribution in [2.45, 2.75) is 6.61 Å². The quantitative estimate of drug-likeness (QED) is 0.486. The summed E-state index contributed by atoms with van der Waals surface area (Å²) in [5.41, 5.74) is 0.718. The van der Waals surface area contributed by atoms with Gasteiger partial charge in [-0.2, -0.15) is 5.10 Å². The largest absolute Gasteiger partial charge is 0.493 e. The smallest absolute Gasteiger partial charge is 0.349 e. The Kier molecular flexibility index (Phi) is 5.61. The van der Waals surface area contributed by atoms with Crippen LogP contribution in [0.15, 0.2) is 81.4 Å². The number of ether oxygens (including phenoxy) is 2. The third-order valence-corrected chi connectivity index (χ3v) is 4.60. The van der Waals surface area contributed by atoms with E-state index >= 15 is 0 Å². The standard InChI is InChI=1S/C23H18FN3O4/c1-30-21-12-16(8-11-20(21)31-14-15-6-9-17(24)10-7-15)13-25-27-22(28)18-4-2-3-5-19(18)26-23(27)29/h2-13H,14H2,1H3,(H,26,29). The molecule has 0 saturated carbocycles. The van der Waals surface area contributed by atoms with E-state index in [9.17, 15) is 14.0 Å². The maximum absolute atomic E-state index is 13.0. The molecule has 0 atom stereocenters. The summed E-state index contributed by atoms with van der Waals surface area (Å²) in [6, 6.07) is 17.8. The van der Waals surface area contributed by atoms with Crippen molar-refractivity contribution in [2.24, 2.45) is 5.10 Å². The van der Waals surface area contributed by atoms with Gasteiger partial charge in [0.05, 0.1) is 24.2 Å². The second-order valence-corrected chi connectivity index (χ2v) is 6.66. The summed E-state index contributed by atoms with van der Waals surface area (Å²) in [5, 5.41) is 4.40. The zero-order valence-corrected chi connectivity index (χ0v) is 16.5. The lowest BCUT2D eigenvalue weighted by Crippen LogP contribution is -2.32. The number of nitrogens with zero attached hydrogens (tertiary/aromatic N) is 2. The van der Waals surface area contributed by atoms with E-state index in [-0.39, 0.29) is 12.4 Å². The Labute approximate surface area is 176 Å². The number of H-pyrrole nitrogens is 1. The van der Waals surface area contributed by atoms with Gasteiger partial charge in [-0.25, -0.2) is 9.18 Å². The number of halogens is 1. The molecule has 0 saturated heterocycles. The van der Waals surface area contributed by atoms with E-state index in [0.717, 1.165) is 10.2 Å². The minimum absolute atomic E-state index is 0.242. The zero-order chi connectivity index (χ0) is 21.8. The molecule has 0 aliphatic rings. The Balaban J connectivity index is 1.57. The molecule has 1 heterocycles. The summed E-state index contributed by atoms with van der Waals surface area (Å²) in [6.45, 7) is 0.242. The first-order valence-corrected chi connectivity index (χ1v) is 9.39. The molecule has 0 spiro atoms. The predicted molar refractivity (Wildman–Crippen MR) is 116 cm³/mol. The van der Waals surface area contributed by atoms with Crippen LogP contribution in [-0.2, 0) is 6.61 Å². The molecule has 0 fully saturated rings. The third-order valence-electron chi connectivity index (χ3n) is 4.60. The van der Waals surface area contributed by atoms with Crippen molar-refractivity contribution in [3.63, 3.8) is 0 Å². The second kappa shape index (κ2) is 8.66. The van der Waals surface area contributed by atoms with Crippen LogP contribution in [0.1, 0.15) is 11.1 Å². The van der Waals surface area contributed by atoms with Gasteiger partial charge in [-0.15, -0.1) is 4.68 Å². The molecule has 0 radical (unpaired) electrons. The fraction of sp³-hybridized carbons (Fsp3) is 0.0870. The Morgan fingerprint density at radius 1 is 1.03 bits per heavy atom. The van der Waals surface area contributed by atoms with Crippen LogP contribution in [0.4, 0.5) is 4.39 Å². The highest BCUT2D eigenvalue weighted by atomic mass is 19.1. The summed E-state index contributed by atoms with van der Waals surface area (Å²) in [6.07, 6.45) is 1.39. The molecule has 4 rings (SSSR count). The molecule has 156 valence electrons. The highest BCUT2D eigenvalue weighted by molar-refractivity contribution is 5.81. The molecule has 1 N–H and O–H groups in total. The van der Waals surface area contributed by atoms with Gasteiger partial charge >= 0.3 is 5.69 Å². The Morgan fingerprint density at radius 2 is 1.81 bits per heavy atom. The Hall–Kier alpha value is -4.20. The molecular weight excluding hydrogens is 401 g/mol. The van der Waals surface area contributed by atoms with Crippen molar-refractivity contribution < 1.29 is 13.9 Å². The number of nitrogens with one attached hydrogen (secondary N) is 1. The molecule has 0 unspecified atom stereocenters. The maximum atomic E-state index is 13.0. The van der Waals surface area contributed by atoms with E-state index in [1.807, 2.05) is 0 Å². The van der Waals surface area contributed by atoms with E-state index < -0.39 is 11.2 Å². The van der Waals surface area contributed by atoms with Crippen LogP contribution in [-0.4, -0.2) is 23.0 Å². The van der Waals surface area contributed by atoms with Gasteiger partial charge in [0.1, 0.15) is 12.4 Å². The molecule has 8 heteroatoms. The molecule has 0 aliphatic carbocycles. The molecule has 4 aromatic rings. The third kappa shape index (κ3) is 4.37. The van der Waals surface area contributed by atoms with E-state index in [1.54, 1.807) is 54.6 Å². The van der Waals surface area contributed by atoms with Crippen LogP contribution in [0, 0.1) is 5.82 Å². The summed E-state index contributed by atoms with van der Waals surface area (Å²) in [4.78, 5) is 27.4. The first kappa shape index (κ1) is 20.1. The number of para-hydroxylation sites is 1. The van der Waals surface area contributed by atoms with Crippen LogP contribution in [0.3, 0.4) is 0 Å². The molecule has 3 aromatic carbocycles. The van der Waals surface area contributed by atoms with E-state index in [2.05, 4.69) is 10.1 Å². The number of hydrogen-bond acceptors (Lipinski definition) is 5. The van der Waals surface area contributed by atoms with Crippen LogP contribution in [0.2, 0.25) is 0 Å². The van der Waals surface area contributed by atoms with Crippen LogP contribution in [0.25, 0.3) is 10.9 Å². The van der Waals surface area contributed by atoms with Crippen molar-refractivity contribution >= 4 is 17.1 Å². The van der Waals surface area contributed by atoms with Crippen molar-refractivity contribution in [2.75, 3.05) is 7.11 Å². The molecule has 31 heavy (non-hydrogen) atoms. The van der Waals surface area contributed by atoms with Crippen LogP contribution < -0.4 is 20.7 Å². The van der Waals surface area contributed by atoms with E-state index in [0.29, 0.717) is 28.0 Å². The highest BCUT2D eigenvalue weighted by Gasteiger charge is 2.08. The van der Waals surface area contributed by atoms with Crippen molar-refractivity contribution in [3.05, 3.63) is 105 Å². The normalized spacial score (nSPS) is 11.2. The van der Waals surface area contributed by atoms with Crippen molar-refractivity contribution in [1.29, 1.82) is 0 Å². The van der Waals surface area contributed by atoms with Crippen molar-refractivity contribution in [3.8, 4) is 11.5 Å². The fourth-order valence-corrected chi connectivity index (χ4v) is 3.01. The number of aromatic amines is 1. The summed E-state index contributed by atoms with van der Waals surface area (Å²) >= 11 is 0. The first-order valence-electron chi connectivity index (χ1n) is 9.39. The minimum Gasteiger partial charge on any atom is -0.493 e. The van der Waals surface area contributed by atoms with Gasteiger partial charge in [-0.05, 0) is 53.6 Å². The summed E-state index contributed by atoms with van der Waals surface area (Å²) in [7, 11) is 1.50. The van der Waals surface area contributed by atoms with Crippen LogP contribution in [0.5, 0.6) is 11.5 Å². The van der Waals surface area contributed by atoms with Crippen molar-refractivity contribution in [1.82, 2.24) is 9.66 Å². The van der Waals surface area contributed by atoms with Gasteiger partial charge < -0.3 is 14.5 Å². The van der Waals surface area contributed by atoms with Gasteiger partial charge in [0, 0.05) is 0 Å². The highest BCUT2D eigenvalue weighted by Crippen LogP contribution is 2.28. The zero-order valence-electron chi connectivity index (χ0n) is 16.5. The lowest BCUT2D eigenvalue weighted by atomic mass is 10.2.